The highest BCUT2D eigenvalue weighted by Gasteiger charge is 2.69. The molecule has 1 aliphatic heterocycles. The van der Waals surface area contributed by atoms with Gasteiger partial charge >= 0.3 is 12.1 Å². The molecule has 1 heterocycles. The highest BCUT2D eigenvalue weighted by atomic mass is 16.6. The first-order chi connectivity index (χ1) is 19.0. The zero-order valence-corrected chi connectivity index (χ0v) is 25.0. The molecule has 2 aliphatic carbocycles. The summed E-state index contributed by atoms with van der Waals surface area (Å²) < 4.78 is 5.50. The fraction of sp³-hybridized carbons (Fsp3) is 0.645. The lowest BCUT2D eigenvalue weighted by Crippen LogP contribution is -2.59. The molecule has 1 aromatic rings. The van der Waals surface area contributed by atoms with Gasteiger partial charge in [0.1, 0.15) is 17.7 Å². The van der Waals surface area contributed by atoms with Crippen LogP contribution in [-0.4, -0.2) is 69.9 Å². The number of aliphatic carboxylic acids is 1. The van der Waals surface area contributed by atoms with Crippen molar-refractivity contribution in [1.82, 2.24) is 15.5 Å². The van der Waals surface area contributed by atoms with Crippen LogP contribution in [0.25, 0.3) is 0 Å². The summed E-state index contributed by atoms with van der Waals surface area (Å²) in [4.78, 5) is 66.4. The smallest absolute Gasteiger partial charge is 0.408 e. The van der Waals surface area contributed by atoms with Crippen molar-refractivity contribution in [3.8, 4) is 0 Å². The van der Waals surface area contributed by atoms with E-state index in [1.807, 2.05) is 52.0 Å². The van der Waals surface area contributed by atoms with Gasteiger partial charge in [0, 0.05) is 6.54 Å². The predicted molar refractivity (Wildman–Crippen MR) is 151 cm³/mol. The maximum absolute atomic E-state index is 14.3. The van der Waals surface area contributed by atoms with Gasteiger partial charge in [-0.2, -0.15) is 0 Å². The number of ketones is 1. The van der Waals surface area contributed by atoms with Gasteiger partial charge in [0.05, 0.1) is 6.04 Å². The number of fused-ring (bicyclic) bond motifs is 2. The lowest BCUT2D eigenvalue weighted by Gasteiger charge is -2.35. The Hall–Kier alpha value is -3.43. The Balaban J connectivity index is 1.61. The van der Waals surface area contributed by atoms with E-state index in [4.69, 9.17) is 4.74 Å². The van der Waals surface area contributed by atoms with Crippen molar-refractivity contribution in [3.05, 3.63) is 35.4 Å². The molecule has 10 nitrogen and oxygen atoms in total. The van der Waals surface area contributed by atoms with Crippen molar-refractivity contribution in [2.75, 3.05) is 6.54 Å². The summed E-state index contributed by atoms with van der Waals surface area (Å²) >= 11 is 0. The number of carboxylic acid groups (broad SMARTS) is 1. The molecule has 5 atom stereocenters. The molecule has 1 saturated heterocycles. The first-order valence-electron chi connectivity index (χ1n) is 14.5. The minimum atomic E-state index is -1.61. The standard InChI is InChI=1S/C31H43N3O7/c1-16(2)12-21(25(35)28(38)39)32-26(36)24-22-20(31(22,6)7)15-34(24)27(37)23(33-29(40)41-30(3,4)5)19-13-17-10-8-9-11-18(17)14-19/h8-11,16,19-24H,12-15H2,1-7H3,(H,32,36)(H,33,40)(H,38,39)/t20-,21?,22-,23-,24-/m0/s1. The number of amides is 3. The number of hydrogen-bond acceptors (Lipinski definition) is 6. The van der Waals surface area contributed by atoms with Crippen LogP contribution in [0.15, 0.2) is 24.3 Å². The van der Waals surface area contributed by atoms with Crippen LogP contribution in [0.3, 0.4) is 0 Å². The second-order valence-corrected chi connectivity index (χ2v) is 13.8. The number of piperidine rings is 1. The summed E-state index contributed by atoms with van der Waals surface area (Å²) in [6, 6.07) is 4.91. The molecule has 1 aromatic carbocycles. The Bertz CT molecular complexity index is 1210. The molecule has 10 heteroatoms. The third kappa shape index (κ3) is 6.41. The largest absolute Gasteiger partial charge is 0.475 e. The van der Waals surface area contributed by atoms with Gasteiger partial charge < -0.3 is 25.4 Å². The van der Waals surface area contributed by atoms with Crippen LogP contribution in [0.2, 0.25) is 0 Å². The number of carboxylic acids is 1. The third-order valence-corrected chi connectivity index (χ3v) is 8.80. The van der Waals surface area contributed by atoms with Gasteiger partial charge in [-0.25, -0.2) is 9.59 Å². The Morgan fingerprint density at radius 3 is 2.15 bits per heavy atom. The number of likely N-dealkylation sites (tertiary alicyclic amines) is 1. The molecule has 3 N–H and O–H groups in total. The van der Waals surface area contributed by atoms with E-state index in [1.165, 1.54) is 4.90 Å². The minimum absolute atomic E-state index is 0.0403. The van der Waals surface area contributed by atoms with Crippen LogP contribution in [0.5, 0.6) is 0 Å². The second-order valence-electron chi connectivity index (χ2n) is 13.8. The van der Waals surface area contributed by atoms with Crippen molar-refractivity contribution >= 4 is 29.7 Å². The molecule has 4 rings (SSSR count). The molecule has 2 fully saturated rings. The van der Waals surface area contributed by atoms with Gasteiger partial charge in [-0.1, -0.05) is 52.0 Å². The minimum Gasteiger partial charge on any atom is -0.475 e. The van der Waals surface area contributed by atoms with Gasteiger partial charge in [-0.15, -0.1) is 0 Å². The van der Waals surface area contributed by atoms with Gasteiger partial charge in [-0.05, 0) is 80.2 Å². The van der Waals surface area contributed by atoms with Gasteiger partial charge in [0.15, 0.2) is 0 Å². The Morgan fingerprint density at radius 2 is 1.63 bits per heavy atom. The molecule has 1 saturated carbocycles. The highest BCUT2D eigenvalue weighted by Crippen LogP contribution is 2.65. The number of nitrogens with zero attached hydrogens (tertiary/aromatic N) is 1. The van der Waals surface area contributed by atoms with Crippen LogP contribution in [0.4, 0.5) is 4.79 Å². The number of rotatable bonds is 9. The topological polar surface area (TPSA) is 142 Å². The number of benzene rings is 1. The molecule has 41 heavy (non-hydrogen) atoms. The molecular formula is C31H43N3O7. The van der Waals surface area contributed by atoms with Crippen molar-refractivity contribution in [3.63, 3.8) is 0 Å². The van der Waals surface area contributed by atoms with Gasteiger partial charge in [0.25, 0.3) is 5.78 Å². The Kier molecular flexibility index (Phi) is 8.26. The maximum atomic E-state index is 14.3. The van der Waals surface area contributed by atoms with E-state index in [2.05, 4.69) is 10.6 Å². The quantitative estimate of drug-likeness (QED) is 0.388. The molecule has 3 aliphatic rings. The zero-order chi connectivity index (χ0) is 30.4. The molecular weight excluding hydrogens is 526 g/mol. The fourth-order valence-corrected chi connectivity index (χ4v) is 6.75. The van der Waals surface area contributed by atoms with Crippen molar-refractivity contribution in [2.24, 2.45) is 29.1 Å². The fourth-order valence-electron chi connectivity index (χ4n) is 6.75. The summed E-state index contributed by atoms with van der Waals surface area (Å²) in [5.74, 6) is -3.95. The SMILES string of the molecule is CC(C)CC(NC(=O)[C@@H]1[C@@H]2[C@H](CN1C(=O)[C@@H](NC(=O)OC(C)(C)C)C1Cc3ccccc3C1)C2(C)C)C(=O)C(=O)O. The predicted octanol–water partition coefficient (Wildman–Crippen LogP) is 2.96. The van der Waals surface area contributed by atoms with Crippen LogP contribution in [-0.2, 0) is 36.8 Å². The molecule has 1 unspecified atom stereocenters. The zero-order valence-electron chi connectivity index (χ0n) is 25.0. The number of alkyl carbamates (subject to hydrolysis) is 1. The van der Waals surface area contributed by atoms with E-state index in [1.54, 1.807) is 20.8 Å². The second kappa shape index (κ2) is 11.1. The summed E-state index contributed by atoms with van der Waals surface area (Å²) in [5, 5.41) is 14.8. The molecule has 0 radical (unpaired) electrons. The maximum Gasteiger partial charge on any atom is 0.408 e. The average molecular weight is 570 g/mol. The van der Waals surface area contributed by atoms with Crippen molar-refractivity contribution in [2.45, 2.75) is 91.5 Å². The van der Waals surface area contributed by atoms with Crippen LogP contribution in [0, 0.1) is 29.1 Å². The summed E-state index contributed by atoms with van der Waals surface area (Å²) in [5.41, 5.74) is 1.27. The average Bonchev–Trinajstić information content (AvgIpc) is 3.24. The van der Waals surface area contributed by atoms with E-state index >= 15 is 0 Å². The van der Waals surface area contributed by atoms with E-state index < -0.39 is 47.5 Å². The van der Waals surface area contributed by atoms with Gasteiger partial charge in [-0.3, -0.25) is 14.4 Å². The van der Waals surface area contributed by atoms with Gasteiger partial charge in [0.2, 0.25) is 11.8 Å². The normalized spacial score (nSPS) is 24.2. The molecule has 224 valence electrons. The summed E-state index contributed by atoms with van der Waals surface area (Å²) in [6.45, 7) is 13.3. The first kappa shape index (κ1) is 30.5. The highest BCUT2D eigenvalue weighted by molar-refractivity contribution is 6.35. The lowest BCUT2D eigenvalue weighted by molar-refractivity contribution is -0.151. The van der Waals surface area contributed by atoms with Crippen LogP contribution in [0.1, 0.15) is 66.0 Å². The number of carbonyl (C=O) groups is 5. The summed E-state index contributed by atoms with van der Waals surface area (Å²) in [7, 11) is 0. The number of Topliss-reactive ketones (excluding diaryl/α,β-unsaturated/α-hetero) is 1. The molecule has 0 spiro atoms. The number of ether oxygens (including phenoxy) is 1. The molecule has 0 bridgehead atoms. The van der Waals surface area contributed by atoms with E-state index in [0.29, 0.717) is 19.4 Å². The van der Waals surface area contributed by atoms with Crippen LogP contribution >= 0.6 is 0 Å². The number of nitrogens with one attached hydrogen (secondary N) is 2. The third-order valence-electron chi connectivity index (χ3n) is 8.80. The first-order valence-corrected chi connectivity index (χ1v) is 14.5. The molecule has 0 aromatic heterocycles. The molecule has 3 amide bonds. The number of carbonyl (C=O) groups excluding carboxylic acids is 4. The lowest BCUT2D eigenvalue weighted by atomic mass is 9.93. The van der Waals surface area contributed by atoms with E-state index in [9.17, 15) is 29.1 Å². The van der Waals surface area contributed by atoms with E-state index in [0.717, 1.165) is 11.1 Å². The van der Waals surface area contributed by atoms with Crippen molar-refractivity contribution < 1.29 is 33.8 Å². The van der Waals surface area contributed by atoms with Crippen molar-refractivity contribution in [1.29, 1.82) is 0 Å². The Morgan fingerprint density at radius 1 is 1.05 bits per heavy atom. The summed E-state index contributed by atoms with van der Waals surface area (Å²) in [6.07, 6.45) is 0.643. The van der Waals surface area contributed by atoms with E-state index in [-0.39, 0.29) is 41.4 Å². The Labute approximate surface area is 241 Å². The van der Waals surface area contributed by atoms with Crippen LogP contribution < -0.4 is 10.6 Å². The monoisotopic (exact) mass is 569 g/mol. The number of hydrogen-bond donors (Lipinski definition) is 3.